The smallest absolute Gasteiger partial charge is 0.0802 e. The quantitative estimate of drug-likeness (QED) is 0.832. The fourth-order valence-corrected chi connectivity index (χ4v) is 2.98. The number of rotatable bonds is 7. The van der Waals surface area contributed by atoms with Crippen LogP contribution < -0.4 is 0 Å². The largest absolute Gasteiger partial charge is 0.388 e. The zero-order valence-corrected chi connectivity index (χ0v) is 13.1. The summed E-state index contributed by atoms with van der Waals surface area (Å²) in [6.07, 6.45) is 0.412. The van der Waals surface area contributed by atoms with E-state index in [0.717, 1.165) is 31.6 Å². The van der Waals surface area contributed by atoms with Gasteiger partial charge < -0.3 is 5.11 Å². The maximum atomic E-state index is 10.3. The highest BCUT2D eigenvalue weighted by atomic mass is 32.1. The molecule has 1 heterocycles. The number of hydrogen-bond acceptors (Lipinski definition) is 3. The van der Waals surface area contributed by atoms with Gasteiger partial charge in [0.1, 0.15) is 0 Å². The molecule has 0 amide bonds. The van der Waals surface area contributed by atoms with Gasteiger partial charge in [0.25, 0.3) is 0 Å². The SMILES string of the molecule is CCN(CCC(O)c1ccc(C)cc1)Cc1cccs1. The minimum atomic E-state index is -0.368. The highest BCUT2D eigenvalue weighted by Gasteiger charge is 2.10. The second-order valence-electron chi connectivity index (χ2n) is 5.16. The Kier molecular flexibility index (Phi) is 5.77. The van der Waals surface area contributed by atoms with Gasteiger partial charge in [0.2, 0.25) is 0 Å². The third-order valence-corrected chi connectivity index (χ3v) is 4.45. The summed E-state index contributed by atoms with van der Waals surface area (Å²) in [4.78, 5) is 3.76. The van der Waals surface area contributed by atoms with Crippen molar-refractivity contribution in [2.75, 3.05) is 13.1 Å². The highest BCUT2D eigenvalue weighted by molar-refractivity contribution is 7.09. The van der Waals surface area contributed by atoms with Crippen LogP contribution in [0.3, 0.4) is 0 Å². The molecule has 0 radical (unpaired) electrons. The van der Waals surface area contributed by atoms with Crippen molar-refractivity contribution in [3.05, 3.63) is 57.8 Å². The van der Waals surface area contributed by atoms with E-state index in [9.17, 15) is 5.11 Å². The second kappa shape index (κ2) is 7.58. The number of thiophene rings is 1. The van der Waals surface area contributed by atoms with E-state index in [2.05, 4.69) is 48.4 Å². The van der Waals surface area contributed by atoms with Crippen LogP contribution in [0.25, 0.3) is 0 Å². The molecule has 1 aromatic heterocycles. The summed E-state index contributed by atoms with van der Waals surface area (Å²) >= 11 is 1.79. The first-order valence-electron chi connectivity index (χ1n) is 7.18. The van der Waals surface area contributed by atoms with E-state index in [-0.39, 0.29) is 6.10 Å². The summed E-state index contributed by atoms with van der Waals surface area (Å²) in [6.45, 7) is 7.15. The predicted molar refractivity (Wildman–Crippen MR) is 86.0 cm³/mol. The summed E-state index contributed by atoms with van der Waals surface area (Å²) in [6, 6.07) is 12.4. The highest BCUT2D eigenvalue weighted by Crippen LogP contribution is 2.19. The van der Waals surface area contributed by atoms with Crippen molar-refractivity contribution < 1.29 is 5.11 Å². The fourth-order valence-electron chi connectivity index (χ4n) is 2.23. The van der Waals surface area contributed by atoms with Gasteiger partial charge in [-0.25, -0.2) is 0 Å². The molecule has 0 bridgehead atoms. The molecule has 1 N–H and O–H groups in total. The monoisotopic (exact) mass is 289 g/mol. The minimum absolute atomic E-state index is 0.368. The van der Waals surface area contributed by atoms with Gasteiger partial charge in [-0.3, -0.25) is 4.90 Å². The van der Waals surface area contributed by atoms with Gasteiger partial charge in [0.05, 0.1) is 6.10 Å². The molecule has 2 nitrogen and oxygen atoms in total. The molecular formula is C17H23NOS. The molecule has 2 aromatic rings. The van der Waals surface area contributed by atoms with E-state index in [1.165, 1.54) is 10.4 Å². The van der Waals surface area contributed by atoms with Gasteiger partial charge in [-0.05, 0) is 36.9 Å². The molecule has 3 heteroatoms. The van der Waals surface area contributed by atoms with Crippen molar-refractivity contribution in [3.8, 4) is 0 Å². The number of nitrogens with zero attached hydrogens (tertiary/aromatic N) is 1. The molecule has 108 valence electrons. The van der Waals surface area contributed by atoms with Crippen molar-refractivity contribution in [1.82, 2.24) is 4.90 Å². The molecule has 0 aliphatic rings. The molecule has 1 aromatic carbocycles. The van der Waals surface area contributed by atoms with Crippen LogP contribution in [0.15, 0.2) is 41.8 Å². The number of aliphatic hydroxyl groups is 1. The van der Waals surface area contributed by atoms with Crippen LogP contribution in [-0.4, -0.2) is 23.1 Å². The standard InChI is InChI=1S/C17H23NOS/c1-3-18(13-16-5-4-12-20-16)11-10-17(19)15-8-6-14(2)7-9-15/h4-9,12,17,19H,3,10-11,13H2,1-2H3. The average molecular weight is 289 g/mol. The molecule has 20 heavy (non-hydrogen) atoms. The number of aliphatic hydroxyl groups excluding tert-OH is 1. The molecule has 0 aliphatic carbocycles. The van der Waals surface area contributed by atoms with Gasteiger partial charge in [0, 0.05) is 18.0 Å². The van der Waals surface area contributed by atoms with Gasteiger partial charge >= 0.3 is 0 Å². The lowest BCUT2D eigenvalue weighted by molar-refractivity contribution is 0.142. The van der Waals surface area contributed by atoms with Gasteiger partial charge in [-0.15, -0.1) is 11.3 Å². The van der Waals surface area contributed by atoms with Crippen LogP contribution in [0.4, 0.5) is 0 Å². The Bertz CT molecular complexity index is 492. The topological polar surface area (TPSA) is 23.5 Å². The Labute approximate surface area is 125 Å². The lowest BCUT2D eigenvalue weighted by atomic mass is 10.0. The zero-order valence-electron chi connectivity index (χ0n) is 12.2. The van der Waals surface area contributed by atoms with Crippen LogP contribution >= 0.6 is 11.3 Å². The van der Waals surface area contributed by atoms with Crippen molar-refractivity contribution in [2.24, 2.45) is 0 Å². The van der Waals surface area contributed by atoms with E-state index < -0.39 is 0 Å². The van der Waals surface area contributed by atoms with Crippen LogP contribution in [0.2, 0.25) is 0 Å². The maximum Gasteiger partial charge on any atom is 0.0802 e. The first kappa shape index (κ1) is 15.2. The Balaban J connectivity index is 1.84. The van der Waals surface area contributed by atoms with Crippen LogP contribution in [0.1, 0.15) is 35.5 Å². The van der Waals surface area contributed by atoms with Crippen LogP contribution in [0.5, 0.6) is 0 Å². The first-order chi connectivity index (χ1) is 9.69. The lowest BCUT2D eigenvalue weighted by Crippen LogP contribution is -2.24. The number of aryl methyl sites for hydroxylation is 1. The summed E-state index contributed by atoms with van der Waals surface area (Å²) in [5.74, 6) is 0. The van der Waals surface area contributed by atoms with E-state index in [4.69, 9.17) is 0 Å². The first-order valence-corrected chi connectivity index (χ1v) is 8.06. The van der Waals surface area contributed by atoms with E-state index in [1.807, 2.05) is 12.1 Å². The molecular weight excluding hydrogens is 266 g/mol. The summed E-state index contributed by atoms with van der Waals surface area (Å²) in [7, 11) is 0. The second-order valence-corrected chi connectivity index (χ2v) is 6.20. The van der Waals surface area contributed by atoms with Crippen molar-refractivity contribution in [1.29, 1.82) is 0 Å². The Morgan fingerprint density at radius 3 is 2.55 bits per heavy atom. The maximum absolute atomic E-state index is 10.3. The van der Waals surface area contributed by atoms with Crippen molar-refractivity contribution >= 4 is 11.3 Å². The van der Waals surface area contributed by atoms with E-state index in [0.29, 0.717) is 0 Å². The third kappa shape index (κ3) is 4.44. The molecule has 0 spiro atoms. The molecule has 1 atom stereocenters. The van der Waals surface area contributed by atoms with Crippen LogP contribution in [-0.2, 0) is 6.54 Å². The van der Waals surface area contributed by atoms with E-state index >= 15 is 0 Å². The van der Waals surface area contributed by atoms with Gasteiger partial charge in [-0.2, -0.15) is 0 Å². The van der Waals surface area contributed by atoms with Crippen LogP contribution in [0, 0.1) is 6.92 Å². The van der Waals surface area contributed by atoms with Gasteiger partial charge in [0.15, 0.2) is 0 Å². The molecule has 0 saturated heterocycles. The fraction of sp³-hybridized carbons (Fsp3) is 0.412. The third-order valence-electron chi connectivity index (χ3n) is 3.59. The van der Waals surface area contributed by atoms with Crippen molar-refractivity contribution in [3.63, 3.8) is 0 Å². The molecule has 0 fully saturated rings. The number of benzene rings is 1. The molecule has 2 rings (SSSR count). The average Bonchev–Trinajstić information content (AvgIpc) is 2.96. The summed E-state index contributed by atoms with van der Waals surface area (Å²) in [5.41, 5.74) is 2.25. The zero-order chi connectivity index (χ0) is 14.4. The molecule has 0 saturated carbocycles. The van der Waals surface area contributed by atoms with Gasteiger partial charge in [-0.1, -0.05) is 42.8 Å². The summed E-state index contributed by atoms with van der Waals surface area (Å²) in [5, 5.41) is 12.4. The Morgan fingerprint density at radius 2 is 1.95 bits per heavy atom. The normalized spacial score (nSPS) is 12.8. The molecule has 1 unspecified atom stereocenters. The summed E-state index contributed by atoms with van der Waals surface area (Å²) < 4.78 is 0. The van der Waals surface area contributed by atoms with E-state index in [1.54, 1.807) is 11.3 Å². The predicted octanol–water partition coefficient (Wildman–Crippen LogP) is 4.00. The minimum Gasteiger partial charge on any atom is -0.388 e. The molecule has 0 aliphatic heterocycles. The van der Waals surface area contributed by atoms with Crippen molar-refractivity contribution in [2.45, 2.75) is 32.9 Å². The Morgan fingerprint density at radius 1 is 1.20 bits per heavy atom. The number of hydrogen-bond donors (Lipinski definition) is 1. The Hall–Kier alpha value is -1.16. The lowest BCUT2D eigenvalue weighted by Gasteiger charge is -2.21.